The van der Waals surface area contributed by atoms with Gasteiger partial charge in [0.1, 0.15) is 0 Å². The fraction of sp³-hybridized carbons (Fsp3) is 0.250. The fourth-order valence-electron chi connectivity index (χ4n) is 1.69. The summed E-state index contributed by atoms with van der Waals surface area (Å²) in [7, 11) is -1.98. The minimum atomic E-state index is -3.52. The quantitative estimate of drug-likeness (QED) is 0.821. The predicted molar refractivity (Wildman–Crippen MR) is 72.8 cm³/mol. The molecule has 0 saturated carbocycles. The molecule has 0 radical (unpaired) electrons. The van der Waals surface area contributed by atoms with Gasteiger partial charge in [-0.2, -0.15) is 9.40 Å². The maximum Gasteiger partial charge on any atom is 0.243 e. The summed E-state index contributed by atoms with van der Waals surface area (Å²) < 4.78 is 26.0. The van der Waals surface area contributed by atoms with Gasteiger partial charge in [-0.15, -0.1) is 0 Å². The normalized spacial score (nSPS) is 11.9. The summed E-state index contributed by atoms with van der Waals surface area (Å²) in [4.78, 5) is 0.241. The van der Waals surface area contributed by atoms with Crippen LogP contribution in [0, 0.1) is 6.92 Å². The van der Waals surface area contributed by atoms with Crippen molar-refractivity contribution < 1.29 is 8.42 Å². The molecule has 1 aromatic carbocycles. The molecule has 0 amide bonds. The maximum absolute atomic E-state index is 12.4. The third-order valence-electron chi connectivity index (χ3n) is 2.91. The Hall–Kier alpha value is -1.86. The molecule has 102 valence electrons. The Labute approximate surface area is 112 Å². The summed E-state index contributed by atoms with van der Waals surface area (Å²) in [5.41, 5.74) is 7.83. The number of H-pyrrole nitrogens is 1. The van der Waals surface area contributed by atoms with E-state index in [2.05, 4.69) is 10.2 Å². The lowest BCUT2D eigenvalue weighted by atomic mass is 10.2. The van der Waals surface area contributed by atoms with E-state index in [0.717, 1.165) is 11.1 Å². The van der Waals surface area contributed by atoms with Gasteiger partial charge in [-0.25, -0.2) is 8.42 Å². The van der Waals surface area contributed by atoms with E-state index in [1.165, 1.54) is 17.4 Å². The van der Waals surface area contributed by atoms with Gasteiger partial charge in [-0.3, -0.25) is 5.10 Å². The first-order chi connectivity index (χ1) is 8.91. The Morgan fingerprint density at radius 1 is 1.42 bits per heavy atom. The van der Waals surface area contributed by atoms with Crippen LogP contribution in [0.25, 0.3) is 0 Å². The van der Waals surface area contributed by atoms with Gasteiger partial charge in [0.15, 0.2) is 0 Å². The summed E-state index contributed by atoms with van der Waals surface area (Å²) in [5.74, 6) is 0. The number of aromatic nitrogens is 2. The van der Waals surface area contributed by atoms with Crippen molar-refractivity contribution in [3.05, 3.63) is 41.7 Å². The van der Waals surface area contributed by atoms with Gasteiger partial charge in [-0.1, -0.05) is 0 Å². The van der Waals surface area contributed by atoms with Crippen LogP contribution in [0.1, 0.15) is 11.1 Å². The van der Waals surface area contributed by atoms with Crippen LogP contribution in [0.15, 0.2) is 35.5 Å². The van der Waals surface area contributed by atoms with Gasteiger partial charge in [0.05, 0.1) is 11.1 Å². The van der Waals surface area contributed by atoms with Crippen molar-refractivity contribution in [1.82, 2.24) is 14.5 Å². The number of sulfonamides is 1. The number of rotatable bonds is 4. The summed E-state index contributed by atoms with van der Waals surface area (Å²) >= 11 is 0. The van der Waals surface area contributed by atoms with Crippen LogP contribution >= 0.6 is 0 Å². The highest BCUT2D eigenvalue weighted by molar-refractivity contribution is 7.89. The van der Waals surface area contributed by atoms with Gasteiger partial charge >= 0.3 is 0 Å². The molecule has 6 nitrogen and oxygen atoms in total. The average Bonchev–Trinajstić information content (AvgIpc) is 2.85. The molecule has 19 heavy (non-hydrogen) atoms. The van der Waals surface area contributed by atoms with E-state index in [0.29, 0.717) is 5.69 Å². The van der Waals surface area contributed by atoms with Crippen molar-refractivity contribution in [1.29, 1.82) is 0 Å². The van der Waals surface area contributed by atoms with Gasteiger partial charge in [-0.05, 0) is 30.7 Å². The number of hydrogen-bond acceptors (Lipinski definition) is 4. The molecule has 0 saturated heterocycles. The van der Waals surface area contributed by atoms with Crippen LogP contribution in [-0.4, -0.2) is 30.0 Å². The Morgan fingerprint density at radius 3 is 2.74 bits per heavy atom. The second kappa shape index (κ2) is 5.02. The van der Waals surface area contributed by atoms with E-state index >= 15 is 0 Å². The SMILES string of the molecule is Cc1cc(S(=O)(=O)N(C)Cc2cn[nH]c2)ccc1N. The Kier molecular flexibility index (Phi) is 3.59. The standard InChI is InChI=1S/C12H16N4O2S/c1-9-5-11(3-4-12(9)13)19(17,18)16(2)8-10-6-14-15-7-10/h3-7H,8,13H2,1-2H3,(H,14,15). The lowest BCUT2D eigenvalue weighted by Gasteiger charge is -2.17. The van der Waals surface area contributed by atoms with E-state index in [9.17, 15) is 8.42 Å². The lowest BCUT2D eigenvalue weighted by Crippen LogP contribution is -2.26. The highest BCUT2D eigenvalue weighted by atomic mass is 32.2. The highest BCUT2D eigenvalue weighted by Gasteiger charge is 2.21. The van der Waals surface area contributed by atoms with Crippen molar-refractivity contribution >= 4 is 15.7 Å². The topological polar surface area (TPSA) is 92.1 Å². The molecule has 3 N–H and O–H groups in total. The van der Waals surface area contributed by atoms with Gasteiger partial charge < -0.3 is 5.73 Å². The number of nitrogen functional groups attached to an aromatic ring is 1. The zero-order valence-corrected chi connectivity index (χ0v) is 11.6. The number of aryl methyl sites for hydroxylation is 1. The van der Waals surface area contributed by atoms with Crippen LogP contribution in [-0.2, 0) is 16.6 Å². The monoisotopic (exact) mass is 280 g/mol. The number of hydrogen-bond donors (Lipinski definition) is 2. The molecule has 7 heteroatoms. The number of aromatic amines is 1. The Balaban J connectivity index is 2.28. The minimum absolute atomic E-state index is 0.241. The molecule has 1 heterocycles. The maximum atomic E-state index is 12.4. The van der Waals surface area contributed by atoms with Crippen LogP contribution in [0.4, 0.5) is 5.69 Å². The van der Waals surface area contributed by atoms with E-state index in [4.69, 9.17) is 5.73 Å². The lowest BCUT2D eigenvalue weighted by molar-refractivity contribution is 0.467. The molecule has 0 spiro atoms. The van der Waals surface area contributed by atoms with Gasteiger partial charge in [0.2, 0.25) is 10.0 Å². The molecule has 0 fully saturated rings. The van der Waals surface area contributed by atoms with Gasteiger partial charge in [0.25, 0.3) is 0 Å². The predicted octanol–water partition coefficient (Wildman–Crippen LogP) is 1.12. The third kappa shape index (κ3) is 2.77. The number of nitrogens with two attached hydrogens (primary N) is 1. The minimum Gasteiger partial charge on any atom is -0.399 e. The van der Waals surface area contributed by atoms with Crippen LogP contribution in [0.2, 0.25) is 0 Å². The van der Waals surface area contributed by atoms with Crippen molar-refractivity contribution in [2.75, 3.05) is 12.8 Å². The molecular weight excluding hydrogens is 264 g/mol. The number of nitrogens with zero attached hydrogens (tertiary/aromatic N) is 2. The molecule has 1 aromatic heterocycles. The molecule has 0 aliphatic carbocycles. The second-order valence-corrected chi connectivity index (χ2v) is 6.43. The molecule has 0 aliphatic heterocycles. The summed E-state index contributed by atoms with van der Waals surface area (Å²) in [5, 5.41) is 6.45. The molecule has 2 rings (SSSR count). The van der Waals surface area contributed by atoms with E-state index in [1.54, 1.807) is 31.5 Å². The fourth-order valence-corrected chi connectivity index (χ4v) is 2.94. The van der Waals surface area contributed by atoms with E-state index in [-0.39, 0.29) is 11.4 Å². The first-order valence-electron chi connectivity index (χ1n) is 5.71. The van der Waals surface area contributed by atoms with E-state index in [1.807, 2.05) is 0 Å². The average molecular weight is 280 g/mol. The van der Waals surface area contributed by atoms with Gasteiger partial charge in [0, 0.05) is 31.0 Å². The third-order valence-corrected chi connectivity index (χ3v) is 4.71. The Bertz CT molecular complexity index is 665. The first-order valence-corrected chi connectivity index (χ1v) is 7.15. The van der Waals surface area contributed by atoms with Crippen molar-refractivity contribution in [3.63, 3.8) is 0 Å². The van der Waals surface area contributed by atoms with Crippen molar-refractivity contribution in [2.24, 2.45) is 0 Å². The first kappa shape index (κ1) is 13.6. The zero-order chi connectivity index (χ0) is 14.0. The molecule has 0 unspecified atom stereocenters. The number of benzene rings is 1. The zero-order valence-electron chi connectivity index (χ0n) is 10.8. The van der Waals surface area contributed by atoms with Crippen molar-refractivity contribution in [3.8, 4) is 0 Å². The second-order valence-electron chi connectivity index (χ2n) is 4.39. The molecule has 0 aliphatic rings. The Morgan fingerprint density at radius 2 is 2.16 bits per heavy atom. The summed E-state index contributed by atoms with van der Waals surface area (Å²) in [6.45, 7) is 2.05. The number of nitrogens with one attached hydrogen (secondary N) is 1. The highest BCUT2D eigenvalue weighted by Crippen LogP contribution is 2.20. The van der Waals surface area contributed by atoms with Crippen molar-refractivity contribution in [2.45, 2.75) is 18.4 Å². The largest absolute Gasteiger partial charge is 0.399 e. The summed E-state index contributed by atoms with van der Waals surface area (Å²) in [6.07, 6.45) is 3.26. The molecular formula is C12H16N4O2S. The van der Waals surface area contributed by atoms with Crippen LogP contribution < -0.4 is 5.73 Å². The smallest absolute Gasteiger partial charge is 0.243 e. The van der Waals surface area contributed by atoms with E-state index < -0.39 is 10.0 Å². The molecule has 0 atom stereocenters. The molecule has 0 bridgehead atoms. The number of anilines is 1. The van der Waals surface area contributed by atoms with Crippen LogP contribution in [0.5, 0.6) is 0 Å². The summed E-state index contributed by atoms with van der Waals surface area (Å²) in [6, 6.07) is 4.70. The van der Waals surface area contributed by atoms with Crippen LogP contribution in [0.3, 0.4) is 0 Å². The molecule has 2 aromatic rings.